The van der Waals surface area contributed by atoms with Crippen LogP contribution in [0.25, 0.3) is 22.2 Å². The molecule has 1 aliphatic rings. The molecule has 204 valence electrons. The first-order valence-electron chi connectivity index (χ1n) is 13.4. The van der Waals surface area contributed by atoms with E-state index in [2.05, 4.69) is 54.1 Å². The van der Waals surface area contributed by atoms with Crippen molar-refractivity contribution in [3.63, 3.8) is 0 Å². The molecule has 3 N–H and O–H groups in total. The number of aromatic amines is 1. The van der Waals surface area contributed by atoms with Crippen LogP contribution in [0.2, 0.25) is 0 Å². The number of anilines is 5. The van der Waals surface area contributed by atoms with Crippen molar-refractivity contribution in [2.45, 2.75) is 0 Å². The van der Waals surface area contributed by atoms with Gasteiger partial charge in [-0.2, -0.15) is 0 Å². The van der Waals surface area contributed by atoms with Crippen LogP contribution in [-0.2, 0) is 4.79 Å². The summed E-state index contributed by atoms with van der Waals surface area (Å²) in [5.41, 5.74) is 6.22. The van der Waals surface area contributed by atoms with Crippen LogP contribution in [-0.4, -0.2) is 53.3 Å². The van der Waals surface area contributed by atoms with Gasteiger partial charge in [0, 0.05) is 66.2 Å². The highest BCUT2D eigenvalue weighted by molar-refractivity contribution is 6.03. The van der Waals surface area contributed by atoms with Crippen molar-refractivity contribution in [2.75, 3.05) is 46.6 Å². The van der Waals surface area contributed by atoms with Gasteiger partial charge in [0.25, 0.3) is 0 Å². The summed E-state index contributed by atoms with van der Waals surface area (Å²) < 4.78 is 0. The number of aromatic nitrogens is 3. The van der Waals surface area contributed by atoms with E-state index < -0.39 is 0 Å². The van der Waals surface area contributed by atoms with Crippen molar-refractivity contribution in [1.29, 1.82) is 0 Å². The number of para-hydroxylation sites is 2. The summed E-state index contributed by atoms with van der Waals surface area (Å²) in [6.45, 7) is 6.69. The normalized spacial score (nSPS) is 13.2. The molecule has 6 rings (SSSR count). The number of piperazine rings is 1. The lowest BCUT2D eigenvalue weighted by molar-refractivity contribution is -0.111. The van der Waals surface area contributed by atoms with Gasteiger partial charge >= 0.3 is 0 Å². The van der Waals surface area contributed by atoms with Crippen LogP contribution in [0.5, 0.6) is 0 Å². The van der Waals surface area contributed by atoms with E-state index in [9.17, 15) is 9.59 Å². The smallest absolute Gasteiger partial charge is 0.247 e. The Kier molecular flexibility index (Phi) is 7.15. The van der Waals surface area contributed by atoms with Crippen molar-refractivity contribution >= 4 is 51.7 Å². The quantitative estimate of drug-likeness (QED) is 0.172. The van der Waals surface area contributed by atoms with Gasteiger partial charge < -0.3 is 25.4 Å². The van der Waals surface area contributed by atoms with Gasteiger partial charge in [0.05, 0.1) is 22.8 Å². The second-order valence-electron chi connectivity index (χ2n) is 9.74. The van der Waals surface area contributed by atoms with E-state index in [4.69, 9.17) is 0 Å². The highest BCUT2D eigenvalue weighted by Crippen LogP contribution is 2.35. The third kappa shape index (κ3) is 5.38. The zero-order chi connectivity index (χ0) is 28.2. The molecule has 0 spiro atoms. The van der Waals surface area contributed by atoms with Gasteiger partial charge in [0.2, 0.25) is 5.91 Å². The van der Waals surface area contributed by atoms with Crippen LogP contribution in [0.3, 0.4) is 0 Å². The van der Waals surface area contributed by atoms with E-state index in [1.54, 1.807) is 6.07 Å². The maximum absolute atomic E-state index is 12.4. The van der Waals surface area contributed by atoms with Crippen molar-refractivity contribution in [1.82, 2.24) is 15.0 Å². The number of aldehydes is 1. The lowest BCUT2D eigenvalue weighted by Gasteiger charge is -2.38. The molecule has 1 saturated heterocycles. The Morgan fingerprint density at radius 2 is 1.66 bits per heavy atom. The van der Waals surface area contributed by atoms with Gasteiger partial charge in [-0.1, -0.05) is 43.0 Å². The van der Waals surface area contributed by atoms with Crippen molar-refractivity contribution in [2.24, 2.45) is 0 Å². The van der Waals surface area contributed by atoms with Crippen molar-refractivity contribution < 1.29 is 9.59 Å². The average molecular weight is 544 g/mol. The SMILES string of the molecule is C=CC(=O)Nc1cc(Nc2cc(-c3c[nH]c4ccccc34)ncn2)c(C=O)cc1N1CCN(c2ccccc2)CC1. The topological polar surface area (TPSA) is 106 Å². The average Bonchev–Trinajstić information content (AvgIpc) is 3.46. The predicted molar refractivity (Wildman–Crippen MR) is 164 cm³/mol. The number of carbonyl (C=O) groups excluding carboxylic acids is 2. The summed E-state index contributed by atoms with van der Waals surface area (Å²) in [5.74, 6) is 0.191. The molecule has 2 aromatic heterocycles. The number of benzene rings is 3. The molecule has 3 heterocycles. The minimum absolute atomic E-state index is 0.331. The number of hydrogen-bond donors (Lipinski definition) is 3. The fourth-order valence-corrected chi connectivity index (χ4v) is 5.19. The number of nitrogens with zero attached hydrogens (tertiary/aromatic N) is 4. The number of carbonyl (C=O) groups is 2. The Labute approximate surface area is 237 Å². The van der Waals surface area contributed by atoms with Gasteiger partial charge in [-0.25, -0.2) is 9.97 Å². The third-order valence-corrected chi connectivity index (χ3v) is 7.27. The number of amides is 1. The highest BCUT2D eigenvalue weighted by atomic mass is 16.1. The molecule has 0 aliphatic carbocycles. The monoisotopic (exact) mass is 543 g/mol. The summed E-state index contributed by atoms with van der Waals surface area (Å²) in [4.78, 5) is 41.3. The molecule has 41 heavy (non-hydrogen) atoms. The van der Waals surface area contributed by atoms with E-state index in [1.807, 2.05) is 60.8 Å². The van der Waals surface area contributed by atoms with E-state index in [0.717, 1.165) is 60.3 Å². The molecule has 5 aromatic rings. The second-order valence-corrected chi connectivity index (χ2v) is 9.74. The fourth-order valence-electron chi connectivity index (χ4n) is 5.19. The van der Waals surface area contributed by atoms with Gasteiger partial charge in [-0.15, -0.1) is 0 Å². The molecule has 3 aromatic carbocycles. The van der Waals surface area contributed by atoms with Crippen molar-refractivity contribution in [3.05, 3.63) is 104 Å². The Hall–Kier alpha value is -5.44. The van der Waals surface area contributed by atoms with E-state index in [-0.39, 0.29) is 5.91 Å². The van der Waals surface area contributed by atoms with Gasteiger partial charge in [0.15, 0.2) is 6.29 Å². The standard InChI is InChI=1S/C32H29N7O2/c1-2-32(41)37-29-17-27(36-31-18-28(34-21-35-31)25-19-33-26-11-7-6-10-24(25)26)22(20-40)16-30(29)39-14-12-38(13-15-39)23-8-4-3-5-9-23/h2-11,16-21,33H,1,12-15H2,(H,37,41)(H,34,35,36). The number of hydrogen-bond acceptors (Lipinski definition) is 7. The Balaban J connectivity index is 1.30. The summed E-state index contributed by atoms with van der Waals surface area (Å²) in [5, 5.41) is 7.25. The maximum Gasteiger partial charge on any atom is 0.247 e. The summed E-state index contributed by atoms with van der Waals surface area (Å²) >= 11 is 0. The lowest BCUT2D eigenvalue weighted by Crippen LogP contribution is -2.46. The summed E-state index contributed by atoms with van der Waals surface area (Å²) in [6, 6.07) is 23.7. The Morgan fingerprint density at radius 3 is 2.44 bits per heavy atom. The molecule has 1 aliphatic heterocycles. The molecule has 0 atom stereocenters. The molecule has 0 bridgehead atoms. The minimum Gasteiger partial charge on any atom is -0.368 e. The lowest BCUT2D eigenvalue weighted by atomic mass is 10.1. The highest BCUT2D eigenvalue weighted by Gasteiger charge is 2.22. The fraction of sp³-hybridized carbons (Fsp3) is 0.125. The number of nitrogens with one attached hydrogen (secondary N) is 3. The van der Waals surface area contributed by atoms with Crippen LogP contribution < -0.4 is 20.4 Å². The molecule has 9 heteroatoms. The first-order valence-corrected chi connectivity index (χ1v) is 13.4. The molecule has 1 fully saturated rings. The van der Waals surface area contributed by atoms with Crippen LogP contribution >= 0.6 is 0 Å². The molecular formula is C32H29N7O2. The zero-order valence-electron chi connectivity index (χ0n) is 22.4. The number of H-pyrrole nitrogens is 1. The van der Waals surface area contributed by atoms with Crippen molar-refractivity contribution in [3.8, 4) is 11.3 Å². The number of rotatable bonds is 8. The van der Waals surface area contributed by atoms with Crippen LogP contribution in [0.15, 0.2) is 98.0 Å². The predicted octanol–water partition coefficient (Wildman–Crippen LogP) is 5.63. The van der Waals surface area contributed by atoms with E-state index in [1.165, 1.54) is 18.1 Å². The summed E-state index contributed by atoms with van der Waals surface area (Å²) in [7, 11) is 0. The Morgan fingerprint density at radius 1 is 0.902 bits per heavy atom. The minimum atomic E-state index is -0.331. The van der Waals surface area contributed by atoms with Crippen LogP contribution in [0.1, 0.15) is 10.4 Å². The molecule has 9 nitrogen and oxygen atoms in total. The molecule has 0 saturated carbocycles. The Bertz CT molecular complexity index is 1720. The molecule has 0 unspecified atom stereocenters. The van der Waals surface area contributed by atoms with Crippen LogP contribution in [0, 0.1) is 0 Å². The summed E-state index contributed by atoms with van der Waals surface area (Å²) in [6.07, 6.45) is 5.45. The second kappa shape index (κ2) is 11.4. The molecular weight excluding hydrogens is 514 g/mol. The first kappa shape index (κ1) is 25.8. The molecule has 1 amide bonds. The van der Waals surface area contributed by atoms with Crippen LogP contribution in [0.4, 0.5) is 28.6 Å². The van der Waals surface area contributed by atoms with Gasteiger partial charge in [-0.3, -0.25) is 9.59 Å². The zero-order valence-corrected chi connectivity index (χ0v) is 22.4. The van der Waals surface area contributed by atoms with Gasteiger partial charge in [0.1, 0.15) is 12.1 Å². The largest absolute Gasteiger partial charge is 0.368 e. The number of fused-ring (bicyclic) bond motifs is 1. The maximum atomic E-state index is 12.4. The third-order valence-electron chi connectivity index (χ3n) is 7.27. The molecule has 0 radical (unpaired) electrons. The first-order chi connectivity index (χ1) is 20.1. The van der Waals surface area contributed by atoms with E-state index >= 15 is 0 Å². The van der Waals surface area contributed by atoms with E-state index in [0.29, 0.717) is 22.8 Å². The van der Waals surface area contributed by atoms with Gasteiger partial charge in [-0.05, 0) is 36.4 Å².